The van der Waals surface area contributed by atoms with Crippen LogP contribution in [0.3, 0.4) is 0 Å². The molecule has 3 nitrogen and oxygen atoms in total. The maximum absolute atomic E-state index is 10.2. The Kier molecular flexibility index (Phi) is 4.77. The minimum atomic E-state index is -0.648. The Bertz CT molecular complexity index is 332. The third kappa shape index (κ3) is 2.74. The first-order valence-corrected chi connectivity index (χ1v) is 5.49. The summed E-state index contributed by atoms with van der Waals surface area (Å²) in [6, 6.07) is 5.77. The van der Waals surface area contributed by atoms with Gasteiger partial charge in [0.25, 0.3) is 0 Å². The minimum Gasteiger partial charge on any atom is -0.496 e. The maximum atomic E-state index is 10.2. The molecule has 0 amide bonds. The van der Waals surface area contributed by atoms with Crippen molar-refractivity contribution in [2.45, 2.75) is 32.5 Å². The highest BCUT2D eigenvalue weighted by Crippen LogP contribution is 2.30. The number of benzene rings is 1. The van der Waals surface area contributed by atoms with Crippen LogP contribution in [0.2, 0.25) is 0 Å². The van der Waals surface area contributed by atoms with E-state index in [4.69, 9.17) is 9.47 Å². The van der Waals surface area contributed by atoms with Crippen molar-refractivity contribution in [2.75, 3.05) is 14.2 Å². The first kappa shape index (κ1) is 13.0. The first-order chi connectivity index (χ1) is 7.63. The molecular weight excluding hydrogens is 204 g/mol. The summed E-state index contributed by atoms with van der Waals surface area (Å²) in [5, 5.41) is 10.2. The molecule has 0 aliphatic carbocycles. The highest BCUT2D eigenvalue weighted by molar-refractivity contribution is 5.38. The molecule has 0 spiro atoms. The van der Waals surface area contributed by atoms with Crippen LogP contribution in [0, 0.1) is 6.92 Å². The van der Waals surface area contributed by atoms with E-state index in [-0.39, 0.29) is 6.10 Å². The van der Waals surface area contributed by atoms with Gasteiger partial charge in [0, 0.05) is 12.7 Å². The third-order valence-corrected chi connectivity index (χ3v) is 2.76. The fourth-order valence-electron chi connectivity index (χ4n) is 1.80. The molecule has 0 bridgehead atoms. The van der Waals surface area contributed by atoms with Gasteiger partial charge in [0.1, 0.15) is 11.9 Å². The Balaban J connectivity index is 3.04. The summed E-state index contributed by atoms with van der Waals surface area (Å²) in [6.07, 6.45) is -0.0880. The molecule has 0 radical (unpaired) electrons. The van der Waals surface area contributed by atoms with E-state index in [1.54, 1.807) is 14.2 Å². The minimum absolute atomic E-state index is 0.198. The van der Waals surface area contributed by atoms with Gasteiger partial charge >= 0.3 is 0 Å². The van der Waals surface area contributed by atoms with Crippen LogP contribution < -0.4 is 4.74 Å². The molecule has 0 aliphatic rings. The normalized spacial score (nSPS) is 14.6. The monoisotopic (exact) mass is 224 g/mol. The number of hydrogen-bond acceptors (Lipinski definition) is 3. The van der Waals surface area contributed by atoms with Crippen LogP contribution in [0.1, 0.15) is 30.6 Å². The predicted molar refractivity (Wildman–Crippen MR) is 63.8 cm³/mol. The van der Waals surface area contributed by atoms with Crippen LogP contribution in [-0.4, -0.2) is 25.4 Å². The Morgan fingerprint density at radius 2 is 2.00 bits per heavy atom. The second kappa shape index (κ2) is 5.87. The highest BCUT2D eigenvalue weighted by atomic mass is 16.5. The second-order valence-electron chi connectivity index (χ2n) is 3.87. The number of aliphatic hydroxyl groups excluding tert-OH is 1. The zero-order valence-corrected chi connectivity index (χ0v) is 10.4. The van der Waals surface area contributed by atoms with Crippen LogP contribution in [-0.2, 0) is 4.74 Å². The van der Waals surface area contributed by atoms with Crippen LogP contribution in [0.4, 0.5) is 0 Å². The second-order valence-corrected chi connectivity index (χ2v) is 3.87. The molecule has 0 fully saturated rings. The number of rotatable bonds is 5. The van der Waals surface area contributed by atoms with Crippen molar-refractivity contribution in [3.8, 4) is 5.75 Å². The zero-order chi connectivity index (χ0) is 12.1. The first-order valence-electron chi connectivity index (χ1n) is 5.49. The smallest absolute Gasteiger partial charge is 0.124 e. The molecule has 3 heteroatoms. The molecule has 0 saturated carbocycles. The van der Waals surface area contributed by atoms with E-state index in [1.165, 1.54) is 0 Å². The molecule has 0 heterocycles. The van der Waals surface area contributed by atoms with Crippen LogP contribution in [0.15, 0.2) is 18.2 Å². The van der Waals surface area contributed by atoms with Gasteiger partial charge < -0.3 is 14.6 Å². The fraction of sp³-hybridized carbons (Fsp3) is 0.538. The molecular formula is C13H20O3. The number of aliphatic hydroxyl groups is 1. The van der Waals surface area contributed by atoms with Gasteiger partial charge in [-0.2, -0.15) is 0 Å². The predicted octanol–water partition coefficient (Wildman–Crippen LogP) is 2.46. The van der Waals surface area contributed by atoms with E-state index in [0.717, 1.165) is 17.5 Å². The Labute approximate surface area is 97.0 Å². The lowest BCUT2D eigenvalue weighted by atomic mass is 9.99. The maximum Gasteiger partial charge on any atom is 0.124 e. The number of ether oxygens (including phenoxy) is 2. The molecule has 0 aliphatic heterocycles. The summed E-state index contributed by atoms with van der Waals surface area (Å²) < 4.78 is 10.5. The third-order valence-electron chi connectivity index (χ3n) is 2.76. The average Bonchev–Trinajstić information content (AvgIpc) is 2.30. The van der Waals surface area contributed by atoms with Gasteiger partial charge in [0.2, 0.25) is 0 Å². The molecule has 1 rings (SSSR count). The van der Waals surface area contributed by atoms with E-state index in [2.05, 4.69) is 0 Å². The highest BCUT2D eigenvalue weighted by Gasteiger charge is 2.22. The van der Waals surface area contributed by atoms with Crippen LogP contribution in [0.5, 0.6) is 5.75 Å². The summed E-state index contributed by atoms with van der Waals surface area (Å²) in [6.45, 7) is 3.98. The van der Waals surface area contributed by atoms with Gasteiger partial charge in [-0.1, -0.05) is 18.6 Å². The van der Waals surface area contributed by atoms with E-state index < -0.39 is 6.10 Å². The van der Waals surface area contributed by atoms with Gasteiger partial charge in [0.05, 0.1) is 13.2 Å². The van der Waals surface area contributed by atoms with E-state index in [0.29, 0.717) is 5.75 Å². The molecule has 1 aromatic rings. The zero-order valence-electron chi connectivity index (χ0n) is 10.4. The van der Waals surface area contributed by atoms with E-state index in [9.17, 15) is 5.11 Å². The van der Waals surface area contributed by atoms with Crippen molar-refractivity contribution >= 4 is 0 Å². The van der Waals surface area contributed by atoms with Crippen LogP contribution >= 0.6 is 0 Å². The van der Waals surface area contributed by atoms with Gasteiger partial charge in [-0.25, -0.2) is 0 Å². The largest absolute Gasteiger partial charge is 0.496 e. The van der Waals surface area contributed by atoms with Crippen molar-refractivity contribution < 1.29 is 14.6 Å². The molecule has 0 saturated heterocycles. The standard InChI is InChI=1S/C13H20O3/c1-5-11(15-3)13(14)10-8-9(2)6-7-12(10)16-4/h6-8,11,13-14H,5H2,1-4H3. The van der Waals surface area contributed by atoms with Gasteiger partial charge in [0.15, 0.2) is 0 Å². The lowest BCUT2D eigenvalue weighted by Gasteiger charge is -2.22. The molecule has 2 unspecified atom stereocenters. The topological polar surface area (TPSA) is 38.7 Å². The Morgan fingerprint density at radius 1 is 1.31 bits per heavy atom. The Hall–Kier alpha value is -1.06. The van der Waals surface area contributed by atoms with Crippen LogP contribution in [0.25, 0.3) is 0 Å². The number of aryl methyl sites for hydroxylation is 1. The number of methoxy groups -OCH3 is 2. The number of hydrogen-bond donors (Lipinski definition) is 1. The van der Waals surface area contributed by atoms with Crippen molar-refractivity contribution in [2.24, 2.45) is 0 Å². The van der Waals surface area contributed by atoms with Gasteiger partial charge in [-0.3, -0.25) is 0 Å². The molecule has 16 heavy (non-hydrogen) atoms. The van der Waals surface area contributed by atoms with E-state index >= 15 is 0 Å². The van der Waals surface area contributed by atoms with Gasteiger partial charge in [-0.15, -0.1) is 0 Å². The van der Waals surface area contributed by atoms with Gasteiger partial charge in [-0.05, 0) is 25.5 Å². The van der Waals surface area contributed by atoms with Crippen molar-refractivity contribution in [1.29, 1.82) is 0 Å². The summed E-state index contributed by atoms with van der Waals surface area (Å²) in [4.78, 5) is 0. The lowest BCUT2D eigenvalue weighted by molar-refractivity contribution is -0.0158. The molecule has 1 N–H and O–H groups in total. The summed E-state index contributed by atoms with van der Waals surface area (Å²) in [5.41, 5.74) is 1.89. The van der Waals surface area contributed by atoms with E-state index in [1.807, 2.05) is 32.0 Å². The molecule has 1 aromatic carbocycles. The quantitative estimate of drug-likeness (QED) is 0.835. The lowest BCUT2D eigenvalue weighted by Crippen LogP contribution is -2.20. The SMILES string of the molecule is CCC(OC)C(O)c1cc(C)ccc1OC. The fourth-order valence-corrected chi connectivity index (χ4v) is 1.80. The molecule has 2 atom stereocenters. The van der Waals surface area contributed by atoms with Crippen molar-refractivity contribution in [1.82, 2.24) is 0 Å². The molecule has 0 aromatic heterocycles. The average molecular weight is 224 g/mol. The summed E-state index contributed by atoms with van der Waals surface area (Å²) >= 11 is 0. The molecule has 90 valence electrons. The van der Waals surface area contributed by atoms with Crippen molar-refractivity contribution in [3.05, 3.63) is 29.3 Å². The van der Waals surface area contributed by atoms with Crippen molar-refractivity contribution in [3.63, 3.8) is 0 Å². The summed E-state index contributed by atoms with van der Waals surface area (Å²) in [5.74, 6) is 0.702. The Morgan fingerprint density at radius 3 is 2.50 bits per heavy atom. The summed E-state index contributed by atoms with van der Waals surface area (Å²) in [7, 11) is 3.22.